The summed E-state index contributed by atoms with van der Waals surface area (Å²) in [7, 11) is 2.18. The first-order valence-electron chi connectivity index (χ1n) is 6.97. The van der Waals surface area contributed by atoms with Gasteiger partial charge in [0, 0.05) is 36.6 Å². The van der Waals surface area contributed by atoms with Gasteiger partial charge in [0.1, 0.15) is 5.82 Å². The van der Waals surface area contributed by atoms with Crippen LogP contribution in [0.5, 0.6) is 0 Å². The average Bonchev–Trinajstić information content (AvgIpc) is 2.76. The molecule has 4 heteroatoms. The van der Waals surface area contributed by atoms with Crippen LogP contribution in [0.2, 0.25) is 0 Å². The normalized spacial score (nSPS) is 18.3. The van der Waals surface area contributed by atoms with Gasteiger partial charge in [-0.15, -0.1) is 0 Å². The third-order valence-corrected chi connectivity index (χ3v) is 4.72. The third-order valence-electron chi connectivity index (χ3n) is 4.72. The molecule has 2 bridgehead atoms. The molecule has 0 radical (unpaired) electrons. The molecule has 3 aliphatic rings. The molecule has 1 aromatic carbocycles. The lowest BCUT2D eigenvalue weighted by Crippen LogP contribution is -2.39. The number of aromatic nitrogens is 1. The fraction of sp³-hybridized carbons (Fsp3) is 0.467. The van der Waals surface area contributed by atoms with E-state index in [4.69, 9.17) is 10.7 Å². The van der Waals surface area contributed by atoms with Gasteiger partial charge in [0.25, 0.3) is 0 Å². The topological polar surface area (TPSA) is 43.4 Å². The van der Waals surface area contributed by atoms with Crippen molar-refractivity contribution in [2.24, 2.45) is 12.9 Å². The van der Waals surface area contributed by atoms with Crippen LogP contribution in [0.15, 0.2) is 18.2 Å². The van der Waals surface area contributed by atoms with Gasteiger partial charge < -0.3 is 9.47 Å². The summed E-state index contributed by atoms with van der Waals surface area (Å²) in [5.41, 5.74) is 4.03. The van der Waals surface area contributed by atoms with Crippen molar-refractivity contribution in [3.63, 3.8) is 0 Å². The lowest BCUT2D eigenvalue weighted by Gasteiger charge is -2.41. The van der Waals surface area contributed by atoms with Crippen LogP contribution < -0.4 is 10.8 Å². The fourth-order valence-electron chi connectivity index (χ4n) is 3.86. The second-order valence-electron chi connectivity index (χ2n) is 5.72. The molecule has 0 aliphatic carbocycles. The summed E-state index contributed by atoms with van der Waals surface area (Å²) in [5, 5.41) is 1.39. The highest BCUT2D eigenvalue weighted by Crippen LogP contribution is 2.47. The molecule has 0 atom stereocenters. The van der Waals surface area contributed by atoms with E-state index < -0.39 is 0 Å². The smallest absolute Gasteiger partial charge is 0.112 e. The number of fused-ring (bicyclic) bond motifs is 3. The second-order valence-corrected chi connectivity index (χ2v) is 5.72. The minimum absolute atomic E-state index is 0.480. The van der Waals surface area contributed by atoms with Crippen LogP contribution in [-0.2, 0) is 18.5 Å². The highest BCUT2D eigenvalue weighted by Gasteiger charge is 2.35. The van der Waals surface area contributed by atoms with E-state index >= 15 is 0 Å². The molecule has 0 saturated carbocycles. The second kappa shape index (κ2) is 3.99. The molecule has 0 amide bonds. The van der Waals surface area contributed by atoms with E-state index in [-0.39, 0.29) is 0 Å². The maximum Gasteiger partial charge on any atom is 0.112 e. The predicted molar refractivity (Wildman–Crippen MR) is 76.1 cm³/mol. The first kappa shape index (κ1) is 11.3. The minimum atomic E-state index is 0.480. The van der Waals surface area contributed by atoms with Crippen molar-refractivity contribution < 1.29 is 4.84 Å². The number of rotatable bonds is 2. The first-order valence-corrected chi connectivity index (χ1v) is 6.97. The zero-order valence-corrected chi connectivity index (χ0v) is 11.2. The van der Waals surface area contributed by atoms with E-state index in [1.54, 1.807) is 5.56 Å². The number of hydrogen-bond acceptors (Lipinski definition) is 3. The highest BCUT2D eigenvalue weighted by molar-refractivity contribution is 5.92. The molecular weight excluding hydrogens is 238 g/mol. The number of nitrogens with two attached hydrogens (primary N) is 1. The number of nitrogens with zero attached hydrogens (tertiary/aromatic N) is 2. The van der Waals surface area contributed by atoms with Crippen LogP contribution in [0.4, 0.5) is 5.82 Å². The molecular formula is C15H19N3O. The van der Waals surface area contributed by atoms with Crippen molar-refractivity contribution in [3.05, 3.63) is 29.3 Å². The summed E-state index contributed by atoms with van der Waals surface area (Å²) in [4.78, 5) is 7.31. The largest absolute Gasteiger partial charge is 0.358 e. The van der Waals surface area contributed by atoms with Crippen molar-refractivity contribution in [1.29, 1.82) is 0 Å². The van der Waals surface area contributed by atoms with Gasteiger partial charge in [-0.3, -0.25) is 4.84 Å². The van der Waals surface area contributed by atoms with Gasteiger partial charge in [-0.1, -0.05) is 6.07 Å². The molecule has 2 N–H and O–H groups in total. The Labute approximate surface area is 112 Å². The maximum absolute atomic E-state index is 5.19. The lowest BCUT2D eigenvalue weighted by atomic mass is 9.84. The van der Waals surface area contributed by atoms with Crippen LogP contribution in [0.25, 0.3) is 10.9 Å². The predicted octanol–water partition coefficient (Wildman–Crippen LogP) is 2.27. The van der Waals surface area contributed by atoms with Crippen LogP contribution in [0.3, 0.4) is 0 Å². The molecule has 3 aliphatic heterocycles. The molecule has 1 fully saturated rings. The molecule has 1 saturated heterocycles. The number of piperidine rings is 1. The Hall–Kier alpha value is -1.52. The summed E-state index contributed by atoms with van der Waals surface area (Å²) in [6, 6.07) is 6.56. The van der Waals surface area contributed by atoms with E-state index in [0.717, 1.165) is 11.5 Å². The zero-order chi connectivity index (χ0) is 13.0. The number of hydrogen-bond donors (Lipinski definition) is 1. The number of benzene rings is 1. The molecule has 5 rings (SSSR count). The first-order chi connectivity index (χ1) is 9.29. The number of aryl methyl sites for hydroxylation is 1. The van der Waals surface area contributed by atoms with Gasteiger partial charge in [-0.2, -0.15) is 0 Å². The Morgan fingerprint density at radius 2 is 2.11 bits per heavy atom. The zero-order valence-electron chi connectivity index (χ0n) is 11.2. The molecule has 100 valence electrons. The molecule has 19 heavy (non-hydrogen) atoms. The maximum atomic E-state index is 5.19. The van der Waals surface area contributed by atoms with Crippen molar-refractivity contribution in [1.82, 2.24) is 4.57 Å². The lowest BCUT2D eigenvalue weighted by molar-refractivity contribution is 0.124. The molecule has 4 nitrogen and oxygen atoms in total. The monoisotopic (exact) mass is 257 g/mol. The summed E-state index contributed by atoms with van der Waals surface area (Å²) in [6.07, 6.45) is 2.59. The Kier molecular flexibility index (Phi) is 2.37. The van der Waals surface area contributed by atoms with E-state index in [1.165, 1.54) is 42.7 Å². The Morgan fingerprint density at radius 3 is 2.84 bits per heavy atom. The Bertz CT molecular complexity index is 638. The minimum Gasteiger partial charge on any atom is -0.358 e. The summed E-state index contributed by atoms with van der Waals surface area (Å²) in [6.45, 7) is 2.90. The van der Waals surface area contributed by atoms with Gasteiger partial charge in [0.15, 0.2) is 0 Å². The van der Waals surface area contributed by atoms with Gasteiger partial charge in [-0.25, -0.2) is 5.90 Å². The summed E-state index contributed by atoms with van der Waals surface area (Å²) >= 11 is 0. The third kappa shape index (κ3) is 1.47. The quantitative estimate of drug-likeness (QED) is 0.839. The van der Waals surface area contributed by atoms with E-state index in [0.29, 0.717) is 6.61 Å². The summed E-state index contributed by atoms with van der Waals surface area (Å²) < 4.78 is 2.35. The van der Waals surface area contributed by atoms with Crippen LogP contribution in [-0.4, -0.2) is 17.7 Å². The molecule has 0 unspecified atom stereocenters. The van der Waals surface area contributed by atoms with E-state index in [9.17, 15) is 0 Å². The molecule has 0 spiro atoms. The van der Waals surface area contributed by atoms with Gasteiger partial charge in [0.2, 0.25) is 0 Å². The Morgan fingerprint density at radius 1 is 1.32 bits per heavy atom. The molecule has 2 aromatic rings. The molecule has 1 aromatic heterocycles. The van der Waals surface area contributed by atoms with Crippen molar-refractivity contribution in [3.8, 4) is 0 Å². The van der Waals surface area contributed by atoms with Gasteiger partial charge in [-0.05, 0) is 36.5 Å². The van der Waals surface area contributed by atoms with Gasteiger partial charge >= 0.3 is 0 Å². The number of anilines is 1. The average molecular weight is 257 g/mol. The summed E-state index contributed by atoms with van der Waals surface area (Å²) in [5.74, 6) is 7.36. The van der Waals surface area contributed by atoms with Crippen LogP contribution >= 0.6 is 0 Å². The SMILES string of the molecule is Cn1c2c(c3cc(CON)ccc31)C1CCN2CC1. The highest BCUT2D eigenvalue weighted by atomic mass is 16.6. The van der Waals surface area contributed by atoms with Crippen LogP contribution in [0.1, 0.15) is 29.9 Å². The van der Waals surface area contributed by atoms with Crippen molar-refractivity contribution in [2.45, 2.75) is 25.4 Å². The fourth-order valence-corrected chi connectivity index (χ4v) is 3.86. The van der Waals surface area contributed by atoms with E-state index in [2.05, 4.69) is 34.7 Å². The van der Waals surface area contributed by atoms with E-state index in [1.807, 2.05) is 0 Å². The molecule has 4 heterocycles. The van der Waals surface area contributed by atoms with Crippen molar-refractivity contribution in [2.75, 3.05) is 18.0 Å². The Balaban J connectivity index is 1.99. The standard InChI is InChI=1S/C15H19N3O/c1-17-13-3-2-10(9-19-16)8-12(13)14-11-4-6-18(7-5-11)15(14)17/h2-3,8,11H,4-7,9,16H2,1H3. The van der Waals surface area contributed by atoms with Crippen LogP contribution in [0, 0.1) is 0 Å². The van der Waals surface area contributed by atoms with Crippen molar-refractivity contribution >= 4 is 16.7 Å². The van der Waals surface area contributed by atoms with Gasteiger partial charge in [0.05, 0.1) is 6.61 Å².